The van der Waals surface area contributed by atoms with E-state index in [9.17, 15) is 9.59 Å². The van der Waals surface area contributed by atoms with Crippen molar-refractivity contribution < 1.29 is 14.3 Å². The third kappa shape index (κ3) is 4.87. The van der Waals surface area contributed by atoms with E-state index in [0.717, 1.165) is 6.42 Å². The quantitative estimate of drug-likeness (QED) is 0.790. The Bertz CT molecular complexity index is 536. The highest BCUT2D eigenvalue weighted by Crippen LogP contribution is 2.24. The van der Waals surface area contributed by atoms with Crippen LogP contribution in [0.2, 0.25) is 0 Å². The van der Waals surface area contributed by atoms with Gasteiger partial charge in [-0.05, 0) is 30.7 Å². The van der Waals surface area contributed by atoms with Gasteiger partial charge in [-0.2, -0.15) is 0 Å². The van der Waals surface area contributed by atoms with Crippen molar-refractivity contribution in [2.24, 2.45) is 5.73 Å². The maximum atomic E-state index is 12.4. The topological polar surface area (TPSA) is 84.7 Å². The van der Waals surface area contributed by atoms with Gasteiger partial charge in [0.05, 0.1) is 5.88 Å². The molecule has 2 amide bonds. The Morgan fingerprint density at radius 1 is 1.39 bits per heavy atom. The zero-order valence-electron chi connectivity index (χ0n) is 13.3. The number of nitrogens with two attached hydrogens (primary N) is 1. The van der Waals surface area contributed by atoms with Gasteiger partial charge in [0.15, 0.2) is 0 Å². The number of hydrogen-bond donors (Lipinski definition) is 2. The summed E-state index contributed by atoms with van der Waals surface area (Å²) in [6.07, 6.45) is 1.27. The Morgan fingerprint density at radius 3 is 2.78 bits per heavy atom. The monoisotopic (exact) mass is 337 g/mol. The average molecular weight is 337 g/mol. The summed E-state index contributed by atoms with van der Waals surface area (Å²) < 4.78 is 5.40. The highest BCUT2D eigenvalue weighted by molar-refractivity contribution is 7.99. The Hall–Kier alpha value is -1.73. The summed E-state index contributed by atoms with van der Waals surface area (Å²) in [5.74, 6) is 1.84. The lowest BCUT2D eigenvalue weighted by molar-refractivity contribution is -0.136. The first-order valence-corrected chi connectivity index (χ1v) is 8.92. The van der Waals surface area contributed by atoms with E-state index in [4.69, 9.17) is 10.5 Å². The zero-order valence-corrected chi connectivity index (χ0v) is 14.1. The molecule has 0 aromatic heterocycles. The number of amides is 2. The molecule has 0 spiro atoms. The molecule has 1 fully saturated rings. The van der Waals surface area contributed by atoms with Crippen molar-refractivity contribution >= 4 is 29.3 Å². The third-order valence-corrected chi connectivity index (χ3v) is 4.49. The molecule has 1 aromatic rings. The van der Waals surface area contributed by atoms with Crippen molar-refractivity contribution in [1.82, 2.24) is 4.90 Å². The zero-order chi connectivity index (χ0) is 16.7. The highest BCUT2D eigenvalue weighted by Gasteiger charge is 2.34. The number of benzene rings is 1. The van der Waals surface area contributed by atoms with Crippen LogP contribution in [0.1, 0.15) is 19.8 Å². The first-order chi connectivity index (χ1) is 11.2. The molecule has 0 radical (unpaired) electrons. The second-order valence-electron chi connectivity index (χ2n) is 5.28. The molecule has 2 rings (SSSR count). The number of hydrogen-bond acceptors (Lipinski definition) is 5. The molecule has 0 bridgehead atoms. The van der Waals surface area contributed by atoms with Crippen LogP contribution in [0.4, 0.5) is 5.69 Å². The second kappa shape index (κ2) is 8.79. The molecule has 1 atom stereocenters. The summed E-state index contributed by atoms with van der Waals surface area (Å²) in [6.45, 7) is 2.88. The maximum absolute atomic E-state index is 12.4. The minimum absolute atomic E-state index is 0.0446. The number of thioether (sulfide) groups is 1. The lowest BCUT2D eigenvalue weighted by Gasteiger charge is -2.23. The molecule has 0 saturated carbocycles. The molecule has 0 aliphatic carbocycles. The SMILES string of the molecule is CCCC(=O)N1CSCC1C(=O)Nc1ccc(OCCN)cc1. The van der Waals surface area contributed by atoms with E-state index in [1.165, 1.54) is 0 Å². The molecule has 7 heteroatoms. The number of carbonyl (C=O) groups is 2. The Labute approximate surface area is 140 Å². The number of rotatable bonds is 7. The van der Waals surface area contributed by atoms with Gasteiger partial charge in [-0.1, -0.05) is 6.92 Å². The van der Waals surface area contributed by atoms with Crippen LogP contribution in [0.25, 0.3) is 0 Å². The smallest absolute Gasteiger partial charge is 0.248 e. The summed E-state index contributed by atoms with van der Waals surface area (Å²) in [5.41, 5.74) is 6.07. The van der Waals surface area contributed by atoms with Crippen molar-refractivity contribution in [3.63, 3.8) is 0 Å². The van der Waals surface area contributed by atoms with Gasteiger partial charge in [0.25, 0.3) is 0 Å². The number of carbonyl (C=O) groups excluding carboxylic acids is 2. The van der Waals surface area contributed by atoms with Gasteiger partial charge in [-0.3, -0.25) is 9.59 Å². The molecule has 3 N–H and O–H groups in total. The molecular formula is C16H23N3O3S. The molecule has 1 unspecified atom stereocenters. The van der Waals surface area contributed by atoms with Crippen LogP contribution in [0, 0.1) is 0 Å². The van der Waals surface area contributed by atoms with Gasteiger partial charge in [0.1, 0.15) is 18.4 Å². The molecule has 1 saturated heterocycles. The minimum atomic E-state index is -0.396. The predicted molar refractivity (Wildman–Crippen MR) is 92.5 cm³/mol. The van der Waals surface area contributed by atoms with Gasteiger partial charge in [0.2, 0.25) is 11.8 Å². The molecule has 126 valence electrons. The van der Waals surface area contributed by atoms with E-state index in [-0.39, 0.29) is 11.8 Å². The molecule has 1 aromatic carbocycles. The standard InChI is InChI=1S/C16H23N3O3S/c1-2-3-15(20)19-11-23-10-14(19)16(21)18-12-4-6-13(7-5-12)22-9-8-17/h4-7,14H,2-3,8-11,17H2,1H3,(H,18,21). The Kier molecular flexibility index (Phi) is 6.73. The normalized spacial score (nSPS) is 17.1. The van der Waals surface area contributed by atoms with Crippen LogP contribution >= 0.6 is 11.8 Å². The molecule has 1 heterocycles. The van der Waals surface area contributed by atoms with E-state index < -0.39 is 6.04 Å². The van der Waals surface area contributed by atoms with Crippen molar-refractivity contribution in [1.29, 1.82) is 0 Å². The van der Waals surface area contributed by atoms with E-state index in [0.29, 0.717) is 42.6 Å². The number of ether oxygens (including phenoxy) is 1. The highest BCUT2D eigenvalue weighted by atomic mass is 32.2. The summed E-state index contributed by atoms with van der Waals surface area (Å²) in [4.78, 5) is 26.2. The first-order valence-electron chi connectivity index (χ1n) is 7.76. The van der Waals surface area contributed by atoms with E-state index >= 15 is 0 Å². The fourth-order valence-electron chi connectivity index (χ4n) is 2.30. The number of nitrogens with one attached hydrogen (secondary N) is 1. The van der Waals surface area contributed by atoms with Crippen LogP contribution < -0.4 is 15.8 Å². The predicted octanol–water partition coefficient (Wildman–Crippen LogP) is 1.66. The number of nitrogens with zero attached hydrogens (tertiary/aromatic N) is 1. The first kappa shape index (κ1) is 17.6. The van der Waals surface area contributed by atoms with E-state index in [1.54, 1.807) is 40.9 Å². The van der Waals surface area contributed by atoms with Crippen molar-refractivity contribution in [2.45, 2.75) is 25.8 Å². The van der Waals surface area contributed by atoms with Crippen LogP contribution in [0.15, 0.2) is 24.3 Å². The van der Waals surface area contributed by atoms with Crippen molar-refractivity contribution in [3.8, 4) is 5.75 Å². The lowest BCUT2D eigenvalue weighted by Crippen LogP contribution is -2.44. The van der Waals surface area contributed by atoms with Crippen LogP contribution in [0.3, 0.4) is 0 Å². The van der Waals surface area contributed by atoms with Gasteiger partial charge in [0, 0.05) is 24.4 Å². The van der Waals surface area contributed by atoms with Gasteiger partial charge in [-0.15, -0.1) is 11.8 Å². The van der Waals surface area contributed by atoms with Gasteiger partial charge >= 0.3 is 0 Å². The second-order valence-corrected chi connectivity index (χ2v) is 6.28. The third-order valence-electron chi connectivity index (χ3n) is 3.48. The Morgan fingerprint density at radius 2 is 2.13 bits per heavy atom. The van der Waals surface area contributed by atoms with Crippen LogP contribution in [0.5, 0.6) is 5.75 Å². The van der Waals surface area contributed by atoms with E-state index in [1.807, 2.05) is 6.92 Å². The largest absolute Gasteiger partial charge is 0.492 e. The minimum Gasteiger partial charge on any atom is -0.492 e. The van der Waals surface area contributed by atoms with Crippen LogP contribution in [-0.2, 0) is 9.59 Å². The lowest BCUT2D eigenvalue weighted by atomic mass is 10.2. The van der Waals surface area contributed by atoms with Gasteiger partial charge < -0.3 is 20.7 Å². The van der Waals surface area contributed by atoms with Crippen LogP contribution in [-0.4, -0.2) is 47.5 Å². The summed E-state index contributed by atoms with van der Waals surface area (Å²) in [7, 11) is 0. The van der Waals surface area contributed by atoms with Gasteiger partial charge in [-0.25, -0.2) is 0 Å². The molecule has 1 aliphatic rings. The summed E-state index contributed by atoms with van der Waals surface area (Å²) in [6, 6.07) is 6.74. The van der Waals surface area contributed by atoms with E-state index in [2.05, 4.69) is 5.32 Å². The number of anilines is 1. The fraction of sp³-hybridized carbons (Fsp3) is 0.500. The van der Waals surface area contributed by atoms with Crippen molar-refractivity contribution in [2.75, 3.05) is 30.1 Å². The molecule has 23 heavy (non-hydrogen) atoms. The maximum Gasteiger partial charge on any atom is 0.248 e. The summed E-state index contributed by atoms with van der Waals surface area (Å²) in [5, 5.41) is 2.87. The molecular weight excluding hydrogens is 314 g/mol. The fourth-order valence-corrected chi connectivity index (χ4v) is 3.48. The average Bonchev–Trinajstić information content (AvgIpc) is 3.04. The molecule has 1 aliphatic heterocycles. The summed E-state index contributed by atoms with van der Waals surface area (Å²) >= 11 is 1.61. The Balaban J connectivity index is 1.94. The molecule has 6 nitrogen and oxygen atoms in total. The van der Waals surface area contributed by atoms with Crippen molar-refractivity contribution in [3.05, 3.63) is 24.3 Å².